The number of rotatable bonds is 7. The maximum Gasteiger partial charge on any atom is 0.338 e. The number of nitro groups is 1. The lowest BCUT2D eigenvalue weighted by molar-refractivity contribution is -0.385. The third kappa shape index (κ3) is 6.09. The molecule has 10 heteroatoms. The fourth-order valence-electron chi connectivity index (χ4n) is 2.35. The van der Waals surface area contributed by atoms with Crippen molar-refractivity contribution in [2.24, 2.45) is 0 Å². The van der Waals surface area contributed by atoms with Crippen molar-refractivity contribution in [2.75, 3.05) is 25.5 Å². The monoisotopic (exact) mass is 403 g/mol. The van der Waals surface area contributed by atoms with Gasteiger partial charge in [-0.25, -0.2) is 9.18 Å². The van der Waals surface area contributed by atoms with Gasteiger partial charge < -0.3 is 15.0 Å². The number of carbonyl (C=O) groups is 3. The predicted molar refractivity (Wildman–Crippen MR) is 101 cm³/mol. The van der Waals surface area contributed by atoms with Crippen LogP contribution in [0.15, 0.2) is 42.5 Å². The van der Waals surface area contributed by atoms with Gasteiger partial charge in [0.05, 0.1) is 17.0 Å². The lowest BCUT2D eigenvalue weighted by Crippen LogP contribution is -2.37. The molecule has 9 nitrogen and oxygen atoms in total. The average Bonchev–Trinajstić information content (AvgIpc) is 2.67. The molecule has 0 aromatic heterocycles. The molecule has 1 N–H and O–H groups in total. The van der Waals surface area contributed by atoms with E-state index in [4.69, 9.17) is 4.74 Å². The molecule has 0 radical (unpaired) electrons. The van der Waals surface area contributed by atoms with Gasteiger partial charge in [-0.15, -0.1) is 0 Å². The standard InChI is InChI=1S/C19H18FN3O6/c1-12-9-13(3-8-16(12)23(27)28)19(26)29-11-18(25)22(2)10-17(24)21-15-6-4-14(20)5-7-15/h3-9H,10-11H2,1-2H3,(H,21,24). The van der Waals surface area contributed by atoms with E-state index in [9.17, 15) is 28.9 Å². The highest BCUT2D eigenvalue weighted by molar-refractivity contribution is 5.95. The molecule has 0 fully saturated rings. The Morgan fingerprint density at radius 3 is 2.41 bits per heavy atom. The second-order valence-corrected chi connectivity index (χ2v) is 6.14. The molecule has 0 unspecified atom stereocenters. The minimum absolute atomic E-state index is 0.0672. The van der Waals surface area contributed by atoms with Crippen molar-refractivity contribution in [3.05, 3.63) is 69.5 Å². The first kappa shape index (κ1) is 21.5. The Bertz CT molecular complexity index is 945. The van der Waals surface area contributed by atoms with E-state index in [-0.39, 0.29) is 23.4 Å². The van der Waals surface area contributed by atoms with E-state index >= 15 is 0 Å². The zero-order valence-corrected chi connectivity index (χ0v) is 15.7. The molecule has 0 aliphatic rings. The van der Waals surface area contributed by atoms with Crippen LogP contribution in [0.2, 0.25) is 0 Å². The van der Waals surface area contributed by atoms with Crippen molar-refractivity contribution in [1.82, 2.24) is 4.90 Å². The molecule has 2 rings (SSSR count). The van der Waals surface area contributed by atoms with Crippen molar-refractivity contribution >= 4 is 29.2 Å². The number of hydrogen-bond donors (Lipinski definition) is 1. The van der Waals surface area contributed by atoms with Gasteiger partial charge in [-0.3, -0.25) is 19.7 Å². The summed E-state index contributed by atoms with van der Waals surface area (Å²) >= 11 is 0. The SMILES string of the molecule is Cc1cc(C(=O)OCC(=O)N(C)CC(=O)Nc2ccc(F)cc2)ccc1[N+](=O)[O-]. The number of esters is 1. The van der Waals surface area contributed by atoms with Crippen LogP contribution in [0.4, 0.5) is 15.8 Å². The predicted octanol–water partition coefficient (Wildman–Crippen LogP) is 2.30. The Balaban J connectivity index is 1.85. The summed E-state index contributed by atoms with van der Waals surface area (Å²) in [4.78, 5) is 47.3. The van der Waals surface area contributed by atoms with Gasteiger partial charge in [0.2, 0.25) is 5.91 Å². The second-order valence-electron chi connectivity index (χ2n) is 6.14. The molecule has 0 aliphatic heterocycles. The summed E-state index contributed by atoms with van der Waals surface area (Å²) in [5.41, 5.74) is 0.588. The Hall–Kier alpha value is -3.82. The molecule has 0 atom stereocenters. The van der Waals surface area contributed by atoms with Gasteiger partial charge in [0.15, 0.2) is 6.61 Å². The van der Waals surface area contributed by atoms with E-state index in [0.717, 1.165) is 4.90 Å². The molecule has 0 aliphatic carbocycles. The number of nitrogens with zero attached hydrogens (tertiary/aromatic N) is 2. The molecule has 0 spiro atoms. The number of ether oxygens (including phenoxy) is 1. The van der Waals surface area contributed by atoms with E-state index in [1.807, 2.05) is 0 Å². The molecule has 0 heterocycles. The number of nitro benzene ring substituents is 1. The first-order valence-corrected chi connectivity index (χ1v) is 8.39. The van der Waals surface area contributed by atoms with Crippen molar-refractivity contribution in [2.45, 2.75) is 6.92 Å². The van der Waals surface area contributed by atoms with Gasteiger partial charge in [-0.05, 0) is 43.3 Å². The summed E-state index contributed by atoms with van der Waals surface area (Å²) in [6.45, 7) is 0.577. The number of amides is 2. The van der Waals surface area contributed by atoms with Gasteiger partial charge in [0.25, 0.3) is 11.6 Å². The van der Waals surface area contributed by atoms with Crippen LogP contribution in [0.3, 0.4) is 0 Å². The fraction of sp³-hybridized carbons (Fsp3) is 0.211. The highest BCUT2D eigenvalue weighted by atomic mass is 19.1. The minimum atomic E-state index is -0.819. The lowest BCUT2D eigenvalue weighted by atomic mass is 10.1. The highest BCUT2D eigenvalue weighted by Gasteiger charge is 2.18. The van der Waals surface area contributed by atoms with E-state index in [2.05, 4.69) is 5.32 Å². The highest BCUT2D eigenvalue weighted by Crippen LogP contribution is 2.19. The van der Waals surface area contributed by atoms with Gasteiger partial charge in [-0.2, -0.15) is 0 Å². The molecule has 2 amide bonds. The van der Waals surface area contributed by atoms with Crippen LogP contribution >= 0.6 is 0 Å². The molecule has 0 saturated heterocycles. The summed E-state index contributed by atoms with van der Waals surface area (Å²) in [6.07, 6.45) is 0. The Labute approximate surface area is 165 Å². The quantitative estimate of drug-likeness (QED) is 0.430. The molecular formula is C19H18FN3O6. The van der Waals surface area contributed by atoms with E-state index in [1.54, 1.807) is 0 Å². The summed E-state index contributed by atoms with van der Waals surface area (Å²) in [6, 6.07) is 8.84. The van der Waals surface area contributed by atoms with Gasteiger partial charge in [0.1, 0.15) is 5.82 Å². The van der Waals surface area contributed by atoms with Crippen LogP contribution in [0.25, 0.3) is 0 Å². The number of anilines is 1. The van der Waals surface area contributed by atoms with Crippen LogP contribution in [0.1, 0.15) is 15.9 Å². The zero-order chi connectivity index (χ0) is 21.6. The number of likely N-dealkylation sites (N-methyl/N-ethyl adjacent to an activating group) is 1. The van der Waals surface area contributed by atoms with Gasteiger partial charge in [0, 0.05) is 24.4 Å². The normalized spacial score (nSPS) is 10.2. The van der Waals surface area contributed by atoms with E-state index in [1.165, 1.54) is 56.4 Å². The molecule has 2 aromatic rings. The van der Waals surface area contributed by atoms with Crippen molar-refractivity contribution in [3.63, 3.8) is 0 Å². The lowest BCUT2D eigenvalue weighted by Gasteiger charge is -2.17. The molecule has 0 saturated carbocycles. The molecule has 29 heavy (non-hydrogen) atoms. The van der Waals surface area contributed by atoms with Gasteiger partial charge in [-0.1, -0.05) is 0 Å². The van der Waals surface area contributed by atoms with Crippen molar-refractivity contribution in [3.8, 4) is 0 Å². The summed E-state index contributed by atoms with van der Waals surface area (Å²) in [7, 11) is 1.36. The molecule has 2 aromatic carbocycles. The number of nitrogens with one attached hydrogen (secondary N) is 1. The third-order valence-electron chi connectivity index (χ3n) is 3.89. The number of aryl methyl sites for hydroxylation is 1. The van der Waals surface area contributed by atoms with Crippen molar-refractivity contribution < 1.29 is 28.4 Å². The minimum Gasteiger partial charge on any atom is -0.452 e. The second kappa shape index (κ2) is 9.40. The topological polar surface area (TPSA) is 119 Å². The average molecular weight is 403 g/mol. The number of benzene rings is 2. The van der Waals surface area contributed by atoms with E-state index in [0.29, 0.717) is 5.69 Å². The molecule has 0 bridgehead atoms. The maximum absolute atomic E-state index is 12.9. The smallest absolute Gasteiger partial charge is 0.338 e. The molecular weight excluding hydrogens is 385 g/mol. The molecule has 152 valence electrons. The van der Waals surface area contributed by atoms with Crippen molar-refractivity contribution in [1.29, 1.82) is 0 Å². The maximum atomic E-state index is 12.9. The van der Waals surface area contributed by atoms with E-state index < -0.39 is 35.1 Å². The third-order valence-corrected chi connectivity index (χ3v) is 3.89. The van der Waals surface area contributed by atoms with Gasteiger partial charge >= 0.3 is 5.97 Å². The number of halogens is 1. The summed E-state index contributed by atoms with van der Waals surface area (Å²) < 4.78 is 17.8. The number of carbonyl (C=O) groups excluding carboxylic acids is 3. The summed E-state index contributed by atoms with van der Waals surface area (Å²) in [5.74, 6) is -2.39. The Kier molecular flexibility index (Phi) is 6.96. The first-order chi connectivity index (χ1) is 13.7. The van der Waals surface area contributed by atoms with Crippen LogP contribution < -0.4 is 5.32 Å². The fourth-order valence-corrected chi connectivity index (χ4v) is 2.35. The van der Waals surface area contributed by atoms with Crippen LogP contribution in [-0.2, 0) is 14.3 Å². The Morgan fingerprint density at radius 1 is 1.17 bits per heavy atom. The van der Waals surface area contributed by atoms with Crippen LogP contribution in [0.5, 0.6) is 0 Å². The van der Waals surface area contributed by atoms with Crippen LogP contribution in [0, 0.1) is 22.9 Å². The Morgan fingerprint density at radius 2 is 1.83 bits per heavy atom. The van der Waals surface area contributed by atoms with Crippen LogP contribution in [-0.4, -0.2) is 47.8 Å². The zero-order valence-electron chi connectivity index (χ0n) is 15.7. The number of hydrogen-bond acceptors (Lipinski definition) is 6. The first-order valence-electron chi connectivity index (χ1n) is 8.39. The summed E-state index contributed by atoms with van der Waals surface area (Å²) in [5, 5.41) is 13.3. The largest absolute Gasteiger partial charge is 0.452 e.